The molecule has 0 fully saturated rings. The monoisotopic (exact) mass is 364 g/mol. The minimum atomic E-state index is -0.767. The quantitative estimate of drug-likeness (QED) is 0.449. The molecule has 0 saturated heterocycles. The van der Waals surface area contributed by atoms with Crippen molar-refractivity contribution in [3.63, 3.8) is 0 Å². The van der Waals surface area contributed by atoms with Crippen LogP contribution in [0.4, 0.5) is 0 Å². The standard InChI is InChI=1S/C18H14Cl2O4/c1-11-8-12(2)10-13(9-11)23-16(21)6-7-17(22)24-15-5-3-4-14(19)18(15)20/h3-10H,1-2H3/b7-6+. The lowest BCUT2D eigenvalue weighted by Gasteiger charge is -2.05. The number of carbonyl (C=O) groups is 2. The van der Waals surface area contributed by atoms with Crippen LogP contribution >= 0.6 is 23.2 Å². The molecule has 2 aromatic carbocycles. The number of rotatable bonds is 4. The molecular formula is C18H14Cl2O4. The maximum atomic E-state index is 11.7. The Morgan fingerprint density at radius 3 is 2.12 bits per heavy atom. The second-order valence-electron chi connectivity index (χ2n) is 5.05. The van der Waals surface area contributed by atoms with Crippen molar-refractivity contribution in [1.29, 1.82) is 0 Å². The zero-order valence-corrected chi connectivity index (χ0v) is 14.5. The molecule has 0 spiro atoms. The summed E-state index contributed by atoms with van der Waals surface area (Å²) in [6, 6.07) is 10.1. The minimum Gasteiger partial charge on any atom is -0.423 e. The molecular weight excluding hydrogens is 351 g/mol. The lowest BCUT2D eigenvalue weighted by atomic mass is 10.1. The number of hydrogen-bond acceptors (Lipinski definition) is 4. The topological polar surface area (TPSA) is 52.6 Å². The first-order valence-corrected chi connectivity index (χ1v) is 7.75. The van der Waals surface area contributed by atoms with E-state index in [0.717, 1.165) is 23.3 Å². The van der Waals surface area contributed by atoms with Gasteiger partial charge >= 0.3 is 11.9 Å². The molecule has 0 aromatic heterocycles. The van der Waals surface area contributed by atoms with Crippen molar-refractivity contribution in [2.75, 3.05) is 0 Å². The summed E-state index contributed by atoms with van der Waals surface area (Å²) in [6.45, 7) is 3.79. The summed E-state index contributed by atoms with van der Waals surface area (Å²) in [6.07, 6.45) is 1.95. The molecule has 0 atom stereocenters. The average molecular weight is 365 g/mol. The van der Waals surface area contributed by atoms with Gasteiger partial charge in [0.15, 0.2) is 5.75 Å². The van der Waals surface area contributed by atoms with Crippen molar-refractivity contribution in [2.24, 2.45) is 0 Å². The predicted molar refractivity (Wildman–Crippen MR) is 92.8 cm³/mol. The van der Waals surface area contributed by atoms with Gasteiger partial charge in [-0.15, -0.1) is 0 Å². The third kappa shape index (κ3) is 5.11. The van der Waals surface area contributed by atoms with Gasteiger partial charge in [-0.2, -0.15) is 0 Å². The summed E-state index contributed by atoms with van der Waals surface area (Å²) >= 11 is 11.7. The van der Waals surface area contributed by atoms with Gasteiger partial charge in [0, 0.05) is 12.2 Å². The normalized spacial score (nSPS) is 10.7. The van der Waals surface area contributed by atoms with Crippen LogP contribution in [-0.4, -0.2) is 11.9 Å². The van der Waals surface area contributed by atoms with E-state index in [1.54, 1.807) is 24.3 Å². The molecule has 0 aliphatic heterocycles. The van der Waals surface area contributed by atoms with Crippen LogP contribution in [0.25, 0.3) is 0 Å². The van der Waals surface area contributed by atoms with Crippen LogP contribution in [0, 0.1) is 13.8 Å². The average Bonchev–Trinajstić information content (AvgIpc) is 2.49. The molecule has 0 N–H and O–H groups in total. The van der Waals surface area contributed by atoms with Crippen LogP contribution < -0.4 is 9.47 Å². The van der Waals surface area contributed by atoms with Crippen LogP contribution in [0.5, 0.6) is 11.5 Å². The van der Waals surface area contributed by atoms with E-state index >= 15 is 0 Å². The van der Waals surface area contributed by atoms with E-state index in [-0.39, 0.29) is 15.8 Å². The third-order valence-electron chi connectivity index (χ3n) is 2.90. The van der Waals surface area contributed by atoms with Crippen LogP contribution in [0.2, 0.25) is 10.0 Å². The number of carbonyl (C=O) groups excluding carboxylic acids is 2. The maximum absolute atomic E-state index is 11.7. The van der Waals surface area contributed by atoms with Crippen LogP contribution in [0.1, 0.15) is 11.1 Å². The lowest BCUT2D eigenvalue weighted by molar-refractivity contribution is -0.131. The van der Waals surface area contributed by atoms with E-state index in [9.17, 15) is 9.59 Å². The van der Waals surface area contributed by atoms with Gasteiger partial charge < -0.3 is 9.47 Å². The first-order chi connectivity index (χ1) is 11.3. The predicted octanol–water partition coefficient (Wildman–Crippen LogP) is 4.68. The molecule has 0 amide bonds. The first-order valence-electron chi connectivity index (χ1n) is 6.99. The molecule has 0 aliphatic carbocycles. The van der Waals surface area contributed by atoms with Crippen molar-refractivity contribution >= 4 is 35.1 Å². The van der Waals surface area contributed by atoms with Gasteiger partial charge in [0.25, 0.3) is 0 Å². The highest BCUT2D eigenvalue weighted by Gasteiger charge is 2.09. The van der Waals surface area contributed by atoms with Gasteiger partial charge in [-0.3, -0.25) is 0 Å². The highest BCUT2D eigenvalue weighted by molar-refractivity contribution is 6.43. The largest absolute Gasteiger partial charge is 0.423 e. The van der Waals surface area contributed by atoms with Gasteiger partial charge in [-0.05, 0) is 49.2 Å². The van der Waals surface area contributed by atoms with E-state index in [2.05, 4.69) is 0 Å². The van der Waals surface area contributed by atoms with Crippen molar-refractivity contribution < 1.29 is 19.1 Å². The second-order valence-corrected chi connectivity index (χ2v) is 5.84. The van der Waals surface area contributed by atoms with Crippen LogP contribution in [-0.2, 0) is 9.59 Å². The van der Waals surface area contributed by atoms with E-state index in [1.165, 1.54) is 6.07 Å². The van der Waals surface area contributed by atoms with Gasteiger partial charge in [0.1, 0.15) is 10.8 Å². The van der Waals surface area contributed by atoms with Crippen molar-refractivity contribution in [1.82, 2.24) is 0 Å². The number of benzene rings is 2. The molecule has 0 bridgehead atoms. The third-order valence-corrected chi connectivity index (χ3v) is 3.70. The molecule has 0 heterocycles. The zero-order chi connectivity index (χ0) is 17.7. The SMILES string of the molecule is Cc1cc(C)cc(OC(=O)/C=C/C(=O)Oc2cccc(Cl)c2Cl)c1. The van der Waals surface area contributed by atoms with Crippen molar-refractivity contribution in [3.8, 4) is 11.5 Å². The molecule has 2 aromatic rings. The van der Waals surface area contributed by atoms with Gasteiger partial charge in [-0.1, -0.05) is 35.3 Å². The fraction of sp³-hybridized carbons (Fsp3) is 0.111. The Morgan fingerprint density at radius 2 is 1.50 bits per heavy atom. The van der Waals surface area contributed by atoms with E-state index < -0.39 is 11.9 Å². The number of ether oxygens (including phenoxy) is 2. The summed E-state index contributed by atoms with van der Waals surface area (Å²) in [7, 11) is 0. The Hall–Kier alpha value is -2.30. The fourth-order valence-corrected chi connectivity index (χ4v) is 2.31. The number of hydrogen-bond donors (Lipinski definition) is 0. The van der Waals surface area contributed by atoms with Crippen LogP contribution in [0.3, 0.4) is 0 Å². The van der Waals surface area contributed by atoms with E-state index in [1.807, 2.05) is 19.9 Å². The summed E-state index contributed by atoms with van der Waals surface area (Å²) in [5.41, 5.74) is 1.94. The molecule has 4 nitrogen and oxygen atoms in total. The zero-order valence-electron chi connectivity index (χ0n) is 13.0. The Labute approximate surface area is 149 Å². The highest BCUT2D eigenvalue weighted by atomic mass is 35.5. The molecule has 0 saturated carbocycles. The summed E-state index contributed by atoms with van der Waals surface area (Å²) < 4.78 is 10.2. The molecule has 6 heteroatoms. The smallest absolute Gasteiger partial charge is 0.336 e. The van der Waals surface area contributed by atoms with Crippen molar-refractivity contribution in [2.45, 2.75) is 13.8 Å². The van der Waals surface area contributed by atoms with Gasteiger partial charge in [-0.25, -0.2) is 9.59 Å². The Kier molecular flexibility index (Phi) is 6.01. The van der Waals surface area contributed by atoms with E-state index in [0.29, 0.717) is 5.75 Å². The maximum Gasteiger partial charge on any atom is 0.336 e. The van der Waals surface area contributed by atoms with Gasteiger partial charge in [0.05, 0.1) is 5.02 Å². The van der Waals surface area contributed by atoms with Gasteiger partial charge in [0.2, 0.25) is 0 Å². The Morgan fingerprint density at radius 1 is 0.917 bits per heavy atom. The molecule has 0 radical (unpaired) electrons. The number of halogens is 2. The fourth-order valence-electron chi connectivity index (χ4n) is 1.98. The molecule has 124 valence electrons. The minimum absolute atomic E-state index is 0.112. The molecule has 2 rings (SSSR count). The Balaban J connectivity index is 1.98. The summed E-state index contributed by atoms with van der Waals surface area (Å²) in [5.74, 6) is -0.930. The number of aryl methyl sites for hydroxylation is 2. The van der Waals surface area contributed by atoms with Crippen molar-refractivity contribution in [3.05, 3.63) is 69.7 Å². The Bertz CT molecular complexity index is 792. The summed E-state index contributed by atoms with van der Waals surface area (Å²) in [4.78, 5) is 23.5. The highest BCUT2D eigenvalue weighted by Crippen LogP contribution is 2.31. The lowest BCUT2D eigenvalue weighted by Crippen LogP contribution is -2.08. The summed E-state index contributed by atoms with van der Waals surface area (Å²) in [5, 5.41) is 0.388. The van der Waals surface area contributed by atoms with E-state index in [4.69, 9.17) is 32.7 Å². The molecule has 0 aliphatic rings. The van der Waals surface area contributed by atoms with Crippen LogP contribution in [0.15, 0.2) is 48.6 Å². The first kappa shape index (κ1) is 18.0. The number of esters is 2. The molecule has 24 heavy (non-hydrogen) atoms. The second kappa shape index (κ2) is 7.99. The molecule has 0 unspecified atom stereocenters.